The molecule has 0 aliphatic rings. The fraction of sp³-hybridized carbons (Fsp3) is 0.267. The topological polar surface area (TPSA) is 67.5 Å². The van der Waals surface area contributed by atoms with Gasteiger partial charge in [0.2, 0.25) is 5.88 Å². The van der Waals surface area contributed by atoms with E-state index < -0.39 is 36.1 Å². The van der Waals surface area contributed by atoms with E-state index in [4.69, 9.17) is 4.74 Å². The second-order valence-corrected chi connectivity index (χ2v) is 9.90. The third-order valence-electron chi connectivity index (χ3n) is 6.48. The highest BCUT2D eigenvalue weighted by Crippen LogP contribution is 2.37. The Kier molecular flexibility index (Phi) is 9.26. The molecule has 2 aromatic carbocycles. The van der Waals surface area contributed by atoms with Crippen molar-refractivity contribution >= 4 is 0 Å². The molecule has 4 rings (SSSR count). The number of hydrogen-bond donors (Lipinski definition) is 0. The van der Waals surface area contributed by atoms with E-state index in [2.05, 4.69) is 14.5 Å². The lowest BCUT2D eigenvalue weighted by atomic mass is 9.85. The lowest BCUT2D eigenvalue weighted by Crippen LogP contribution is -2.26. The normalized spacial score (nSPS) is 12.4. The summed E-state index contributed by atoms with van der Waals surface area (Å²) >= 11 is 0. The van der Waals surface area contributed by atoms with Gasteiger partial charge >= 0.3 is 13.2 Å². The molecular formula is C30H27F5N2O4. The van der Waals surface area contributed by atoms with Crippen LogP contribution >= 0.6 is 0 Å². The molecule has 0 fully saturated rings. The van der Waals surface area contributed by atoms with E-state index in [0.29, 0.717) is 28.2 Å². The molecule has 0 amide bonds. The molecule has 0 bridgehead atoms. The minimum Gasteiger partial charge on any atom is -0.619 e. The molecule has 4 aromatic rings. The average Bonchev–Trinajstić information content (AvgIpc) is 2.93. The Morgan fingerprint density at radius 1 is 0.829 bits per heavy atom. The predicted molar refractivity (Wildman–Crippen MR) is 140 cm³/mol. The zero-order chi connectivity index (χ0) is 29.6. The van der Waals surface area contributed by atoms with Crippen LogP contribution in [0.15, 0.2) is 85.3 Å². The number of benzene rings is 2. The molecule has 0 radical (unpaired) electrons. The van der Waals surface area contributed by atoms with Crippen LogP contribution < -0.4 is 18.9 Å². The lowest BCUT2D eigenvalue weighted by molar-refractivity contribution is -0.605. The van der Waals surface area contributed by atoms with Crippen molar-refractivity contribution in [3.05, 3.63) is 119 Å². The summed E-state index contributed by atoms with van der Waals surface area (Å²) in [5.41, 5.74) is 2.34. The maximum atomic E-state index is 13.3. The number of rotatable bonds is 12. The molecule has 2 heterocycles. The van der Waals surface area contributed by atoms with Crippen LogP contribution in [0.3, 0.4) is 0 Å². The molecular weight excluding hydrogens is 547 g/mol. The largest absolute Gasteiger partial charge is 0.619 e. The van der Waals surface area contributed by atoms with Gasteiger partial charge in [-0.3, -0.25) is 0 Å². The Morgan fingerprint density at radius 3 is 2.07 bits per heavy atom. The molecule has 216 valence electrons. The maximum Gasteiger partial charge on any atom is 0.387 e. The number of nitrogens with zero attached hydrogens (tertiary/aromatic N) is 2. The summed E-state index contributed by atoms with van der Waals surface area (Å²) in [5.74, 6) is -1.55. The van der Waals surface area contributed by atoms with Gasteiger partial charge in [0.1, 0.15) is 5.82 Å². The first-order chi connectivity index (χ1) is 19.5. The number of aromatic nitrogens is 2. The van der Waals surface area contributed by atoms with Gasteiger partial charge in [-0.25, -0.2) is 9.37 Å². The Bertz CT molecular complexity index is 1420. The zero-order valence-corrected chi connectivity index (χ0v) is 22.1. The number of alkyl halides is 4. The Morgan fingerprint density at radius 2 is 1.46 bits per heavy atom. The molecule has 11 heteroatoms. The Hall–Kier alpha value is -4.41. The van der Waals surface area contributed by atoms with Gasteiger partial charge in [-0.05, 0) is 52.9 Å². The van der Waals surface area contributed by atoms with Crippen molar-refractivity contribution in [2.45, 2.75) is 44.8 Å². The molecule has 0 N–H and O–H groups in total. The van der Waals surface area contributed by atoms with Crippen LogP contribution in [0, 0.1) is 11.0 Å². The first-order valence-electron chi connectivity index (χ1n) is 12.6. The van der Waals surface area contributed by atoms with Crippen molar-refractivity contribution in [1.82, 2.24) is 4.98 Å². The van der Waals surface area contributed by atoms with Gasteiger partial charge in [0.05, 0.1) is 6.61 Å². The van der Waals surface area contributed by atoms with Gasteiger partial charge in [0.15, 0.2) is 23.9 Å². The molecule has 2 aromatic heterocycles. The minimum absolute atomic E-state index is 0.257. The maximum absolute atomic E-state index is 13.3. The number of halogens is 5. The summed E-state index contributed by atoms with van der Waals surface area (Å²) in [6.07, 6.45) is 4.55. The van der Waals surface area contributed by atoms with Crippen molar-refractivity contribution in [3.8, 4) is 17.4 Å². The van der Waals surface area contributed by atoms with E-state index in [1.807, 2.05) is 13.8 Å². The van der Waals surface area contributed by atoms with Crippen molar-refractivity contribution in [2.75, 3.05) is 6.61 Å². The second-order valence-electron chi connectivity index (χ2n) is 9.90. The summed E-state index contributed by atoms with van der Waals surface area (Å²) in [4.78, 5) is 4.41. The summed E-state index contributed by atoms with van der Waals surface area (Å²) in [7, 11) is 0. The summed E-state index contributed by atoms with van der Waals surface area (Å²) < 4.78 is 80.5. The molecule has 1 unspecified atom stereocenters. The van der Waals surface area contributed by atoms with Crippen LogP contribution in [-0.4, -0.2) is 24.8 Å². The van der Waals surface area contributed by atoms with E-state index in [-0.39, 0.29) is 12.4 Å². The average molecular weight is 575 g/mol. The highest BCUT2D eigenvalue weighted by Gasteiger charge is 2.24. The van der Waals surface area contributed by atoms with Crippen LogP contribution in [0.2, 0.25) is 0 Å². The molecule has 0 aliphatic heterocycles. The van der Waals surface area contributed by atoms with E-state index in [9.17, 15) is 27.2 Å². The van der Waals surface area contributed by atoms with Gasteiger partial charge in [0, 0.05) is 35.7 Å². The summed E-state index contributed by atoms with van der Waals surface area (Å²) in [6.45, 7) is -2.33. The number of pyridine rings is 2. The first-order valence-corrected chi connectivity index (χ1v) is 12.6. The van der Waals surface area contributed by atoms with Gasteiger partial charge in [-0.15, -0.1) is 0 Å². The van der Waals surface area contributed by atoms with Crippen LogP contribution in [-0.2, 0) is 11.8 Å². The van der Waals surface area contributed by atoms with Crippen LogP contribution in [0.4, 0.5) is 22.0 Å². The molecule has 41 heavy (non-hydrogen) atoms. The third-order valence-corrected chi connectivity index (χ3v) is 6.48. The van der Waals surface area contributed by atoms with E-state index in [1.165, 1.54) is 36.7 Å². The number of ether oxygens (including phenoxy) is 3. The van der Waals surface area contributed by atoms with E-state index in [1.54, 1.807) is 42.6 Å². The molecule has 0 saturated carbocycles. The van der Waals surface area contributed by atoms with Gasteiger partial charge in [-0.2, -0.15) is 22.3 Å². The second kappa shape index (κ2) is 12.8. The molecule has 1 atom stereocenters. The van der Waals surface area contributed by atoms with Gasteiger partial charge in [0.25, 0.3) is 0 Å². The monoisotopic (exact) mass is 574 g/mol. The molecule has 0 spiro atoms. The van der Waals surface area contributed by atoms with Crippen LogP contribution in [0.25, 0.3) is 0 Å². The highest BCUT2D eigenvalue weighted by atomic mass is 19.3. The van der Waals surface area contributed by atoms with Gasteiger partial charge < -0.3 is 19.4 Å². The van der Waals surface area contributed by atoms with Crippen LogP contribution in [0.5, 0.6) is 17.4 Å². The fourth-order valence-corrected chi connectivity index (χ4v) is 4.29. The molecule has 0 saturated heterocycles. The third kappa shape index (κ3) is 8.06. The smallest absolute Gasteiger partial charge is 0.387 e. The van der Waals surface area contributed by atoms with E-state index in [0.717, 1.165) is 17.2 Å². The van der Waals surface area contributed by atoms with Crippen molar-refractivity contribution in [1.29, 1.82) is 0 Å². The number of hydrogen-bond acceptors (Lipinski definition) is 5. The van der Waals surface area contributed by atoms with Crippen molar-refractivity contribution < 1.29 is 40.9 Å². The summed E-state index contributed by atoms with van der Waals surface area (Å²) in [5, 5.41) is 11.5. The van der Waals surface area contributed by atoms with E-state index >= 15 is 0 Å². The van der Waals surface area contributed by atoms with Crippen molar-refractivity contribution in [2.24, 2.45) is 0 Å². The Labute approximate surface area is 233 Å². The zero-order valence-electron chi connectivity index (χ0n) is 22.1. The quantitative estimate of drug-likeness (QED) is 0.106. The molecule has 6 nitrogen and oxygen atoms in total. The Balaban J connectivity index is 1.61. The fourth-order valence-electron chi connectivity index (χ4n) is 4.29. The van der Waals surface area contributed by atoms with Gasteiger partial charge in [-0.1, -0.05) is 38.1 Å². The first kappa shape index (κ1) is 29.6. The minimum atomic E-state index is -3.26. The lowest BCUT2D eigenvalue weighted by Gasteiger charge is -2.25. The summed E-state index contributed by atoms with van der Waals surface area (Å²) in [6, 6.07) is 16.7. The standard InChI is InChI=1S/C30H27F5N2O4/c1-30(2,22-5-7-23(31)8-6-22)18-39-27-10-4-21(17-36-27)24(15-19-11-13-37(38)14-12-19)20-3-9-25(40-28(32)33)26(16-20)41-29(34)35/h3-14,16-17,24,28-29H,15,18H2,1-2H3. The van der Waals surface area contributed by atoms with Crippen LogP contribution in [0.1, 0.15) is 42.0 Å². The molecule has 0 aliphatic carbocycles. The van der Waals surface area contributed by atoms with Crippen molar-refractivity contribution in [3.63, 3.8) is 0 Å². The SMILES string of the molecule is CC(C)(COc1ccc(C(Cc2cc[n+]([O-])cc2)c2ccc(OC(F)F)c(OC(F)F)c2)cn1)c1ccc(F)cc1. The predicted octanol–water partition coefficient (Wildman–Crippen LogP) is 6.79. The highest BCUT2D eigenvalue weighted by molar-refractivity contribution is 5.47.